The van der Waals surface area contributed by atoms with E-state index in [0.717, 1.165) is 45.1 Å². The lowest BCUT2D eigenvalue weighted by atomic mass is 9.73. The van der Waals surface area contributed by atoms with E-state index in [1.807, 2.05) is 12.3 Å². The molecule has 1 amide bonds. The summed E-state index contributed by atoms with van der Waals surface area (Å²) in [5, 5.41) is 0. The van der Waals surface area contributed by atoms with E-state index in [1.54, 1.807) is 0 Å². The van der Waals surface area contributed by atoms with Gasteiger partial charge in [-0.3, -0.25) is 4.79 Å². The van der Waals surface area contributed by atoms with Crippen molar-refractivity contribution in [2.24, 2.45) is 11.1 Å². The number of nitrogens with zero attached hydrogens (tertiary/aromatic N) is 1. The van der Waals surface area contributed by atoms with Crippen LogP contribution in [0.2, 0.25) is 0 Å². The molecule has 1 saturated heterocycles. The average molecular weight is 275 g/mol. The van der Waals surface area contributed by atoms with Crippen LogP contribution in [-0.4, -0.2) is 28.9 Å². The van der Waals surface area contributed by atoms with Crippen LogP contribution >= 0.6 is 0 Å². The highest BCUT2D eigenvalue weighted by molar-refractivity contribution is 5.83. The van der Waals surface area contributed by atoms with Crippen molar-refractivity contribution >= 4 is 5.91 Å². The van der Waals surface area contributed by atoms with Crippen molar-refractivity contribution in [3.05, 3.63) is 24.0 Å². The van der Waals surface area contributed by atoms with Crippen molar-refractivity contribution in [3.8, 4) is 0 Å². The van der Waals surface area contributed by atoms with Crippen LogP contribution in [-0.2, 0) is 4.79 Å². The lowest BCUT2D eigenvalue weighted by Crippen LogP contribution is -2.48. The van der Waals surface area contributed by atoms with Crippen molar-refractivity contribution in [1.29, 1.82) is 0 Å². The minimum absolute atomic E-state index is 0.225. The van der Waals surface area contributed by atoms with Gasteiger partial charge in [0.15, 0.2) is 0 Å². The Morgan fingerprint density at radius 1 is 1.35 bits per heavy atom. The average Bonchev–Trinajstić information content (AvgIpc) is 3.17. The van der Waals surface area contributed by atoms with E-state index in [-0.39, 0.29) is 11.5 Å². The standard InChI is InChI=1S/C16H25N3O/c17-12-16(8-2-1-3-9-16)15(20)19-11-5-7-14(19)13-6-4-10-18-13/h4,6,10,14,18H,1-3,5,7-9,11-12,17H2. The summed E-state index contributed by atoms with van der Waals surface area (Å²) < 4.78 is 0. The predicted molar refractivity (Wildman–Crippen MR) is 79.1 cm³/mol. The number of amides is 1. The van der Waals surface area contributed by atoms with Crippen LogP contribution in [0.1, 0.15) is 56.7 Å². The monoisotopic (exact) mass is 275 g/mol. The highest BCUT2D eigenvalue weighted by Gasteiger charge is 2.44. The Balaban J connectivity index is 1.81. The van der Waals surface area contributed by atoms with Gasteiger partial charge in [0.1, 0.15) is 0 Å². The number of H-pyrrole nitrogens is 1. The third-order valence-corrected chi connectivity index (χ3v) is 5.15. The van der Waals surface area contributed by atoms with Crippen LogP contribution in [0.5, 0.6) is 0 Å². The number of likely N-dealkylation sites (tertiary alicyclic amines) is 1. The lowest BCUT2D eigenvalue weighted by molar-refractivity contribution is -0.144. The maximum atomic E-state index is 13.1. The summed E-state index contributed by atoms with van der Waals surface area (Å²) in [4.78, 5) is 18.5. The predicted octanol–water partition coefficient (Wildman–Crippen LogP) is 2.59. The van der Waals surface area contributed by atoms with Crippen molar-refractivity contribution in [2.45, 2.75) is 51.0 Å². The molecule has 1 aromatic heterocycles. The Morgan fingerprint density at radius 2 is 2.15 bits per heavy atom. The fourth-order valence-electron chi connectivity index (χ4n) is 3.92. The van der Waals surface area contributed by atoms with E-state index < -0.39 is 0 Å². The van der Waals surface area contributed by atoms with E-state index in [0.29, 0.717) is 12.5 Å². The highest BCUT2D eigenvalue weighted by Crippen LogP contribution is 2.41. The number of aromatic nitrogens is 1. The largest absolute Gasteiger partial charge is 0.363 e. The number of rotatable bonds is 3. The first-order valence-corrected chi connectivity index (χ1v) is 7.91. The summed E-state index contributed by atoms with van der Waals surface area (Å²) in [6.07, 6.45) is 9.56. The molecule has 0 aromatic carbocycles. The second-order valence-electron chi connectivity index (χ2n) is 6.33. The number of carbonyl (C=O) groups excluding carboxylic acids is 1. The topological polar surface area (TPSA) is 62.1 Å². The smallest absolute Gasteiger partial charge is 0.230 e. The molecule has 1 atom stereocenters. The lowest BCUT2D eigenvalue weighted by Gasteiger charge is -2.39. The molecular weight excluding hydrogens is 250 g/mol. The molecule has 0 spiro atoms. The number of aromatic amines is 1. The molecule has 1 aliphatic heterocycles. The Labute approximate surface area is 120 Å². The van der Waals surface area contributed by atoms with Crippen molar-refractivity contribution in [1.82, 2.24) is 9.88 Å². The van der Waals surface area contributed by atoms with Gasteiger partial charge in [-0.2, -0.15) is 0 Å². The molecule has 4 heteroatoms. The first-order valence-electron chi connectivity index (χ1n) is 7.91. The van der Waals surface area contributed by atoms with Gasteiger partial charge in [0.05, 0.1) is 11.5 Å². The zero-order valence-corrected chi connectivity index (χ0v) is 12.1. The molecule has 4 nitrogen and oxygen atoms in total. The molecule has 3 rings (SSSR count). The normalized spacial score (nSPS) is 25.9. The van der Waals surface area contributed by atoms with Crippen molar-refractivity contribution in [3.63, 3.8) is 0 Å². The van der Waals surface area contributed by atoms with E-state index in [9.17, 15) is 4.79 Å². The molecule has 2 fully saturated rings. The van der Waals surface area contributed by atoms with Crippen molar-refractivity contribution in [2.75, 3.05) is 13.1 Å². The van der Waals surface area contributed by atoms with Gasteiger partial charge in [0.25, 0.3) is 0 Å². The SMILES string of the molecule is NCC1(C(=O)N2CCCC2c2ccc[nH]2)CCCCC1. The van der Waals surface area contributed by atoms with Crippen LogP contribution in [0.4, 0.5) is 0 Å². The Hall–Kier alpha value is -1.29. The number of carbonyl (C=O) groups is 1. The summed E-state index contributed by atoms with van der Waals surface area (Å²) in [7, 11) is 0. The van der Waals surface area contributed by atoms with Crippen molar-refractivity contribution < 1.29 is 4.79 Å². The van der Waals surface area contributed by atoms with Crippen LogP contribution in [0.15, 0.2) is 18.3 Å². The fourth-order valence-corrected chi connectivity index (χ4v) is 3.92. The molecule has 0 bridgehead atoms. The Kier molecular flexibility index (Phi) is 3.83. The first kappa shape index (κ1) is 13.7. The number of hydrogen-bond donors (Lipinski definition) is 2. The molecular formula is C16H25N3O. The molecule has 20 heavy (non-hydrogen) atoms. The Bertz CT molecular complexity index is 448. The number of nitrogens with one attached hydrogen (secondary N) is 1. The summed E-state index contributed by atoms with van der Waals surface area (Å²) in [6.45, 7) is 1.38. The highest BCUT2D eigenvalue weighted by atomic mass is 16.2. The van der Waals surface area contributed by atoms with Gasteiger partial charge >= 0.3 is 0 Å². The van der Waals surface area contributed by atoms with Crippen LogP contribution in [0, 0.1) is 5.41 Å². The third kappa shape index (κ3) is 2.26. The molecule has 2 heterocycles. The number of nitrogens with two attached hydrogens (primary N) is 1. The maximum absolute atomic E-state index is 13.1. The minimum Gasteiger partial charge on any atom is -0.363 e. The van der Waals surface area contributed by atoms with Gasteiger partial charge in [0, 0.05) is 25.0 Å². The summed E-state index contributed by atoms with van der Waals surface area (Å²) in [6, 6.07) is 4.32. The van der Waals surface area contributed by atoms with Gasteiger partial charge in [-0.25, -0.2) is 0 Å². The van der Waals surface area contributed by atoms with E-state index >= 15 is 0 Å². The van der Waals surface area contributed by atoms with Gasteiger partial charge in [-0.1, -0.05) is 19.3 Å². The van der Waals surface area contributed by atoms with Crippen LogP contribution in [0.25, 0.3) is 0 Å². The van der Waals surface area contributed by atoms with Gasteiger partial charge in [-0.05, 0) is 37.8 Å². The van der Waals surface area contributed by atoms with E-state index in [2.05, 4.69) is 16.0 Å². The zero-order chi connectivity index (χ0) is 14.0. The molecule has 2 aliphatic rings. The van der Waals surface area contributed by atoms with Gasteiger partial charge in [-0.15, -0.1) is 0 Å². The zero-order valence-electron chi connectivity index (χ0n) is 12.1. The molecule has 3 N–H and O–H groups in total. The van der Waals surface area contributed by atoms with Crippen LogP contribution in [0.3, 0.4) is 0 Å². The molecule has 0 radical (unpaired) electrons. The van der Waals surface area contributed by atoms with Gasteiger partial charge < -0.3 is 15.6 Å². The minimum atomic E-state index is -0.284. The van der Waals surface area contributed by atoms with Gasteiger partial charge in [0.2, 0.25) is 5.91 Å². The van der Waals surface area contributed by atoms with Crippen LogP contribution < -0.4 is 5.73 Å². The second-order valence-corrected chi connectivity index (χ2v) is 6.33. The molecule has 110 valence electrons. The Morgan fingerprint density at radius 3 is 2.80 bits per heavy atom. The third-order valence-electron chi connectivity index (χ3n) is 5.15. The maximum Gasteiger partial charge on any atom is 0.230 e. The first-order chi connectivity index (χ1) is 9.77. The molecule has 1 saturated carbocycles. The quantitative estimate of drug-likeness (QED) is 0.890. The molecule has 1 aromatic rings. The summed E-state index contributed by atoms with van der Waals surface area (Å²) >= 11 is 0. The second kappa shape index (κ2) is 5.60. The molecule has 1 aliphatic carbocycles. The van der Waals surface area contributed by atoms with E-state index in [1.165, 1.54) is 12.1 Å². The molecule has 1 unspecified atom stereocenters. The fraction of sp³-hybridized carbons (Fsp3) is 0.688. The summed E-state index contributed by atoms with van der Waals surface area (Å²) in [5.41, 5.74) is 6.90. The summed E-state index contributed by atoms with van der Waals surface area (Å²) in [5.74, 6) is 0.303. The number of hydrogen-bond acceptors (Lipinski definition) is 2. The van der Waals surface area contributed by atoms with E-state index in [4.69, 9.17) is 5.73 Å².